The van der Waals surface area contributed by atoms with E-state index in [1.165, 1.54) is 0 Å². The molecule has 0 atom stereocenters. The van der Waals surface area contributed by atoms with E-state index in [0.29, 0.717) is 19.0 Å². The first-order chi connectivity index (χ1) is 7.87. The number of amides is 1. The van der Waals surface area contributed by atoms with Crippen LogP contribution in [-0.4, -0.2) is 37.1 Å². The fourth-order valence-electron chi connectivity index (χ4n) is 1.64. The molecule has 0 radical (unpaired) electrons. The van der Waals surface area contributed by atoms with Crippen LogP contribution in [-0.2, 0) is 4.79 Å². The smallest absolute Gasteiger partial charge is 0.220 e. The van der Waals surface area contributed by atoms with Crippen molar-refractivity contribution in [2.75, 3.05) is 19.6 Å². The Bertz CT molecular complexity index is 215. The molecule has 0 aromatic carbocycles. The van der Waals surface area contributed by atoms with Crippen LogP contribution in [0.1, 0.15) is 47.5 Å². The van der Waals surface area contributed by atoms with Crippen molar-refractivity contribution in [1.29, 1.82) is 0 Å². The van der Waals surface area contributed by atoms with E-state index in [4.69, 9.17) is 0 Å². The standard InChI is InChI=1S/C13H29N3O/c1-6-16-13(4,5)8-7-12(17)15-10-9-14-11(2)3/h11,14,16H,6-10H2,1-5H3,(H,15,17). The molecule has 17 heavy (non-hydrogen) atoms. The minimum Gasteiger partial charge on any atom is -0.355 e. The van der Waals surface area contributed by atoms with Gasteiger partial charge in [-0.15, -0.1) is 0 Å². The molecule has 4 nitrogen and oxygen atoms in total. The second kappa shape index (κ2) is 8.48. The largest absolute Gasteiger partial charge is 0.355 e. The maximum Gasteiger partial charge on any atom is 0.220 e. The van der Waals surface area contributed by atoms with Crippen molar-refractivity contribution < 1.29 is 4.79 Å². The molecular formula is C13H29N3O. The van der Waals surface area contributed by atoms with Gasteiger partial charge in [0.25, 0.3) is 0 Å². The fraction of sp³-hybridized carbons (Fsp3) is 0.923. The molecule has 0 unspecified atom stereocenters. The first-order valence-corrected chi connectivity index (χ1v) is 6.62. The average molecular weight is 243 g/mol. The van der Waals surface area contributed by atoms with E-state index < -0.39 is 0 Å². The molecule has 0 saturated carbocycles. The first-order valence-electron chi connectivity index (χ1n) is 6.62. The summed E-state index contributed by atoms with van der Waals surface area (Å²) in [4.78, 5) is 11.6. The van der Waals surface area contributed by atoms with Gasteiger partial charge in [-0.05, 0) is 26.8 Å². The average Bonchev–Trinajstić information content (AvgIpc) is 2.21. The van der Waals surface area contributed by atoms with E-state index in [1.807, 2.05) is 0 Å². The molecule has 1 amide bonds. The highest BCUT2D eigenvalue weighted by Gasteiger charge is 2.17. The molecule has 0 saturated heterocycles. The molecule has 3 N–H and O–H groups in total. The fourth-order valence-corrected chi connectivity index (χ4v) is 1.64. The topological polar surface area (TPSA) is 53.2 Å². The third-order valence-corrected chi connectivity index (χ3v) is 2.63. The molecule has 0 heterocycles. The zero-order valence-corrected chi connectivity index (χ0v) is 12.0. The monoisotopic (exact) mass is 243 g/mol. The third kappa shape index (κ3) is 10.3. The van der Waals surface area contributed by atoms with Gasteiger partial charge in [0, 0.05) is 31.1 Å². The molecule has 0 spiro atoms. The summed E-state index contributed by atoms with van der Waals surface area (Å²) in [6.07, 6.45) is 1.45. The van der Waals surface area contributed by atoms with Crippen molar-refractivity contribution >= 4 is 5.91 Å². The second-order valence-electron chi connectivity index (χ2n) is 5.37. The summed E-state index contributed by atoms with van der Waals surface area (Å²) in [5.41, 5.74) is 0.0439. The van der Waals surface area contributed by atoms with Gasteiger partial charge in [0.2, 0.25) is 5.91 Å². The Labute approximate surface area is 106 Å². The van der Waals surface area contributed by atoms with E-state index in [0.717, 1.165) is 19.5 Å². The Morgan fingerprint density at radius 1 is 1.24 bits per heavy atom. The molecule has 0 aliphatic carbocycles. The summed E-state index contributed by atoms with van der Waals surface area (Å²) in [7, 11) is 0. The number of nitrogens with one attached hydrogen (secondary N) is 3. The lowest BCUT2D eigenvalue weighted by atomic mass is 9.98. The molecule has 0 aromatic rings. The van der Waals surface area contributed by atoms with Crippen molar-refractivity contribution in [2.45, 2.75) is 59.0 Å². The van der Waals surface area contributed by atoms with Gasteiger partial charge in [-0.1, -0.05) is 20.8 Å². The Hall–Kier alpha value is -0.610. The molecule has 4 heteroatoms. The zero-order chi connectivity index (χ0) is 13.3. The molecule has 0 bridgehead atoms. The van der Waals surface area contributed by atoms with Crippen LogP contribution in [0.2, 0.25) is 0 Å². The molecular weight excluding hydrogens is 214 g/mol. The van der Waals surface area contributed by atoms with Crippen molar-refractivity contribution in [3.63, 3.8) is 0 Å². The lowest BCUT2D eigenvalue weighted by molar-refractivity contribution is -0.121. The third-order valence-electron chi connectivity index (χ3n) is 2.63. The summed E-state index contributed by atoms with van der Waals surface area (Å²) in [5, 5.41) is 9.56. The summed E-state index contributed by atoms with van der Waals surface area (Å²) in [6.45, 7) is 13.0. The van der Waals surface area contributed by atoms with Crippen LogP contribution in [0.5, 0.6) is 0 Å². The minimum atomic E-state index is 0.0439. The second-order valence-corrected chi connectivity index (χ2v) is 5.37. The highest BCUT2D eigenvalue weighted by atomic mass is 16.1. The van der Waals surface area contributed by atoms with Crippen molar-refractivity contribution in [3.05, 3.63) is 0 Å². The Kier molecular flexibility index (Phi) is 8.17. The Morgan fingerprint density at radius 3 is 2.41 bits per heavy atom. The van der Waals surface area contributed by atoms with E-state index >= 15 is 0 Å². The van der Waals surface area contributed by atoms with Crippen LogP contribution in [0.3, 0.4) is 0 Å². The number of hydrogen-bond acceptors (Lipinski definition) is 3. The lowest BCUT2D eigenvalue weighted by Gasteiger charge is -2.25. The Balaban J connectivity index is 3.59. The van der Waals surface area contributed by atoms with E-state index in [1.54, 1.807) is 0 Å². The van der Waals surface area contributed by atoms with Gasteiger partial charge in [-0.25, -0.2) is 0 Å². The maximum atomic E-state index is 11.6. The van der Waals surface area contributed by atoms with Crippen LogP contribution in [0.15, 0.2) is 0 Å². The quantitative estimate of drug-likeness (QED) is 0.535. The summed E-state index contributed by atoms with van der Waals surface area (Å²) in [6, 6.07) is 0.472. The van der Waals surface area contributed by atoms with Crippen LogP contribution in [0.25, 0.3) is 0 Å². The van der Waals surface area contributed by atoms with Gasteiger partial charge in [-0.2, -0.15) is 0 Å². The van der Waals surface area contributed by atoms with Gasteiger partial charge >= 0.3 is 0 Å². The van der Waals surface area contributed by atoms with Crippen molar-refractivity contribution in [2.24, 2.45) is 0 Å². The van der Waals surface area contributed by atoms with E-state index in [9.17, 15) is 4.79 Å². The predicted molar refractivity (Wildman–Crippen MR) is 73.1 cm³/mol. The summed E-state index contributed by atoms with van der Waals surface area (Å²) < 4.78 is 0. The maximum absolute atomic E-state index is 11.6. The number of carbonyl (C=O) groups excluding carboxylic acids is 1. The minimum absolute atomic E-state index is 0.0439. The Morgan fingerprint density at radius 2 is 1.88 bits per heavy atom. The molecule has 0 aliphatic rings. The highest BCUT2D eigenvalue weighted by Crippen LogP contribution is 2.10. The summed E-state index contributed by atoms with van der Waals surface area (Å²) in [5.74, 6) is 0.140. The molecule has 102 valence electrons. The van der Waals surface area contributed by atoms with Gasteiger partial charge in [-0.3, -0.25) is 4.79 Å². The van der Waals surface area contributed by atoms with E-state index in [2.05, 4.69) is 50.6 Å². The summed E-state index contributed by atoms with van der Waals surface area (Å²) >= 11 is 0. The molecule has 0 aromatic heterocycles. The van der Waals surface area contributed by atoms with Crippen LogP contribution in [0, 0.1) is 0 Å². The molecule has 0 aliphatic heterocycles. The van der Waals surface area contributed by atoms with Gasteiger partial charge in [0.05, 0.1) is 0 Å². The van der Waals surface area contributed by atoms with Crippen LogP contribution >= 0.6 is 0 Å². The molecule has 0 rings (SSSR count). The van der Waals surface area contributed by atoms with E-state index in [-0.39, 0.29) is 11.4 Å². The van der Waals surface area contributed by atoms with Gasteiger partial charge < -0.3 is 16.0 Å². The predicted octanol–water partition coefficient (Wildman–Crippen LogP) is 1.27. The van der Waals surface area contributed by atoms with Crippen molar-refractivity contribution in [1.82, 2.24) is 16.0 Å². The lowest BCUT2D eigenvalue weighted by Crippen LogP contribution is -2.41. The zero-order valence-electron chi connectivity index (χ0n) is 12.0. The number of rotatable bonds is 9. The first kappa shape index (κ1) is 16.4. The number of carbonyl (C=O) groups is 1. The van der Waals surface area contributed by atoms with Crippen LogP contribution in [0.4, 0.5) is 0 Å². The number of hydrogen-bond donors (Lipinski definition) is 3. The SMILES string of the molecule is CCNC(C)(C)CCC(=O)NCCNC(C)C. The van der Waals surface area contributed by atoms with Gasteiger partial charge in [0.15, 0.2) is 0 Å². The van der Waals surface area contributed by atoms with Crippen molar-refractivity contribution in [3.8, 4) is 0 Å². The highest BCUT2D eigenvalue weighted by molar-refractivity contribution is 5.75. The molecule has 0 fully saturated rings. The van der Waals surface area contributed by atoms with Crippen LogP contribution < -0.4 is 16.0 Å². The normalized spacial score (nSPS) is 11.9. The van der Waals surface area contributed by atoms with Gasteiger partial charge in [0.1, 0.15) is 0 Å².